The minimum absolute atomic E-state index is 0.301. The molecule has 2 nitrogen and oxygen atoms in total. The molecular formula is C12H20N2. The summed E-state index contributed by atoms with van der Waals surface area (Å²) < 4.78 is 0. The first-order valence-corrected chi connectivity index (χ1v) is 4.97. The molecule has 0 aliphatic heterocycles. The lowest BCUT2D eigenvalue weighted by molar-refractivity contribution is 0.207. The van der Waals surface area contributed by atoms with Crippen LogP contribution in [-0.4, -0.2) is 25.0 Å². The highest BCUT2D eigenvalue weighted by Crippen LogP contribution is 2.23. The zero-order valence-corrected chi connectivity index (χ0v) is 9.49. The van der Waals surface area contributed by atoms with E-state index >= 15 is 0 Å². The number of rotatable bonds is 3. The summed E-state index contributed by atoms with van der Waals surface area (Å²) in [7, 11) is 4.11. The maximum absolute atomic E-state index is 6.34. The van der Waals surface area contributed by atoms with E-state index in [9.17, 15) is 0 Å². The van der Waals surface area contributed by atoms with Gasteiger partial charge in [0, 0.05) is 6.04 Å². The molecule has 0 heterocycles. The highest BCUT2D eigenvalue weighted by Gasteiger charge is 2.29. The van der Waals surface area contributed by atoms with E-state index < -0.39 is 0 Å². The van der Waals surface area contributed by atoms with Crippen molar-refractivity contribution in [3.63, 3.8) is 0 Å². The van der Waals surface area contributed by atoms with Crippen LogP contribution in [0.5, 0.6) is 0 Å². The molecule has 0 spiro atoms. The van der Waals surface area contributed by atoms with Crippen molar-refractivity contribution in [2.75, 3.05) is 14.1 Å². The minimum Gasteiger partial charge on any atom is -0.320 e. The summed E-state index contributed by atoms with van der Waals surface area (Å²) in [5, 5.41) is 0. The summed E-state index contributed by atoms with van der Waals surface area (Å²) >= 11 is 0. The standard InChI is InChI=1S/C12H20N2/c1-10(14(3)4)12(2,13)11-8-6-5-7-9-11/h5-10H,13H2,1-4H3. The third-order valence-corrected chi connectivity index (χ3v) is 3.04. The Kier molecular flexibility index (Phi) is 3.29. The van der Waals surface area contributed by atoms with Crippen molar-refractivity contribution in [2.24, 2.45) is 5.73 Å². The number of likely N-dealkylation sites (N-methyl/N-ethyl adjacent to an activating group) is 1. The Morgan fingerprint density at radius 3 is 2.14 bits per heavy atom. The van der Waals surface area contributed by atoms with E-state index in [2.05, 4.69) is 45.0 Å². The third-order valence-electron chi connectivity index (χ3n) is 3.04. The molecule has 0 aromatic heterocycles. The Morgan fingerprint density at radius 1 is 1.21 bits per heavy atom. The van der Waals surface area contributed by atoms with E-state index in [4.69, 9.17) is 5.73 Å². The number of nitrogens with zero attached hydrogens (tertiary/aromatic N) is 1. The van der Waals surface area contributed by atoms with Crippen LogP contribution in [0.15, 0.2) is 30.3 Å². The molecule has 0 bridgehead atoms. The van der Waals surface area contributed by atoms with Crippen molar-refractivity contribution in [1.29, 1.82) is 0 Å². The molecular weight excluding hydrogens is 172 g/mol. The SMILES string of the molecule is CC(N(C)C)C(C)(N)c1ccccc1. The van der Waals surface area contributed by atoms with Gasteiger partial charge in [-0.2, -0.15) is 0 Å². The number of hydrogen-bond acceptors (Lipinski definition) is 2. The van der Waals surface area contributed by atoms with Gasteiger partial charge >= 0.3 is 0 Å². The molecule has 0 fully saturated rings. The molecule has 14 heavy (non-hydrogen) atoms. The molecule has 0 aliphatic rings. The quantitative estimate of drug-likeness (QED) is 0.791. The summed E-state index contributed by atoms with van der Waals surface area (Å²) in [6.45, 7) is 4.22. The van der Waals surface area contributed by atoms with Crippen molar-refractivity contribution < 1.29 is 0 Å². The fourth-order valence-electron chi connectivity index (χ4n) is 1.57. The van der Waals surface area contributed by atoms with E-state index in [1.165, 1.54) is 5.56 Å². The van der Waals surface area contributed by atoms with Gasteiger partial charge in [0.25, 0.3) is 0 Å². The van der Waals surface area contributed by atoms with Gasteiger partial charge < -0.3 is 10.6 Å². The fourth-order valence-corrected chi connectivity index (χ4v) is 1.57. The summed E-state index contributed by atoms with van der Waals surface area (Å²) in [6.07, 6.45) is 0. The molecule has 1 aromatic carbocycles. The van der Waals surface area contributed by atoms with Crippen LogP contribution < -0.4 is 5.73 Å². The average molecular weight is 192 g/mol. The Hall–Kier alpha value is -0.860. The largest absolute Gasteiger partial charge is 0.320 e. The minimum atomic E-state index is -0.301. The van der Waals surface area contributed by atoms with Gasteiger partial charge in [0.1, 0.15) is 0 Å². The molecule has 0 aliphatic carbocycles. The number of nitrogens with two attached hydrogens (primary N) is 1. The van der Waals surface area contributed by atoms with Crippen molar-refractivity contribution >= 4 is 0 Å². The first-order valence-electron chi connectivity index (χ1n) is 4.97. The second-order valence-electron chi connectivity index (χ2n) is 4.29. The van der Waals surface area contributed by atoms with Gasteiger partial charge in [0.15, 0.2) is 0 Å². The van der Waals surface area contributed by atoms with Crippen LogP contribution in [0, 0.1) is 0 Å². The summed E-state index contributed by atoms with van der Waals surface area (Å²) in [5.74, 6) is 0. The van der Waals surface area contributed by atoms with Gasteiger partial charge in [-0.1, -0.05) is 30.3 Å². The Balaban J connectivity index is 2.96. The number of hydrogen-bond donors (Lipinski definition) is 1. The van der Waals surface area contributed by atoms with E-state index in [-0.39, 0.29) is 5.54 Å². The van der Waals surface area contributed by atoms with Crippen LogP contribution in [-0.2, 0) is 5.54 Å². The van der Waals surface area contributed by atoms with E-state index in [1.807, 2.05) is 18.2 Å². The van der Waals surface area contributed by atoms with Crippen molar-refractivity contribution in [1.82, 2.24) is 4.90 Å². The van der Waals surface area contributed by atoms with Gasteiger partial charge in [0.05, 0.1) is 5.54 Å². The van der Waals surface area contributed by atoms with Crippen molar-refractivity contribution in [3.05, 3.63) is 35.9 Å². The van der Waals surface area contributed by atoms with Crippen LogP contribution >= 0.6 is 0 Å². The predicted octanol–water partition coefficient (Wildman–Crippen LogP) is 1.81. The molecule has 0 saturated heterocycles. The molecule has 78 valence electrons. The molecule has 0 amide bonds. The smallest absolute Gasteiger partial charge is 0.0535 e. The molecule has 0 saturated carbocycles. The second kappa shape index (κ2) is 4.11. The molecule has 0 radical (unpaired) electrons. The normalized spacial score (nSPS) is 17.9. The van der Waals surface area contributed by atoms with Gasteiger partial charge in [-0.15, -0.1) is 0 Å². The predicted molar refractivity (Wildman–Crippen MR) is 61.1 cm³/mol. The lowest BCUT2D eigenvalue weighted by atomic mass is 9.86. The van der Waals surface area contributed by atoms with Gasteiger partial charge in [0.2, 0.25) is 0 Å². The van der Waals surface area contributed by atoms with Crippen molar-refractivity contribution in [3.8, 4) is 0 Å². The van der Waals surface area contributed by atoms with Crippen LogP contribution in [0.3, 0.4) is 0 Å². The number of benzene rings is 1. The lowest BCUT2D eigenvalue weighted by Crippen LogP contribution is -2.50. The van der Waals surface area contributed by atoms with Gasteiger partial charge in [-0.3, -0.25) is 0 Å². The highest BCUT2D eigenvalue weighted by molar-refractivity contribution is 5.24. The van der Waals surface area contributed by atoms with Crippen molar-refractivity contribution in [2.45, 2.75) is 25.4 Å². The summed E-state index contributed by atoms with van der Waals surface area (Å²) in [4.78, 5) is 2.15. The molecule has 2 atom stereocenters. The molecule has 1 aromatic rings. The highest BCUT2D eigenvalue weighted by atomic mass is 15.1. The molecule has 2 N–H and O–H groups in total. The van der Waals surface area contributed by atoms with Gasteiger partial charge in [-0.25, -0.2) is 0 Å². The second-order valence-corrected chi connectivity index (χ2v) is 4.29. The zero-order valence-electron chi connectivity index (χ0n) is 9.49. The maximum atomic E-state index is 6.34. The monoisotopic (exact) mass is 192 g/mol. The Bertz CT molecular complexity index is 278. The maximum Gasteiger partial charge on any atom is 0.0535 e. The fraction of sp³-hybridized carbons (Fsp3) is 0.500. The van der Waals surface area contributed by atoms with E-state index in [0.29, 0.717) is 6.04 Å². The topological polar surface area (TPSA) is 29.3 Å². The zero-order chi connectivity index (χ0) is 10.8. The average Bonchev–Trinajstić information content (AvgIpc) is 2.18. The molecule has 1 rings (SSSR count). The molecule has 2 unspecified atom stereocenters. The first kappa shape index (κ1) is 11.2. The van der Waals surface area contributed by atoms with E-state index in [1.54, 1.807) is 0 Å². The van der Waals surface area contributed by atoms with Crippen LogP contribution in [0.2, 0.25) is 0 Å². The van der Waals surface area contributed by atoms with Crippen LogP contribution in [0.25, 0.3) is 0 Å². The third kappa shape index (κ3) is 2.14. The van der Waals surface area contributed by atoms with E-state index in [0.717, 1.165) is 0 Å². The lowest BCUT2D eigenvalue weighted by Gasteiger charge is -2.36. The summed E-state index contributed by atoms with van der Waals surface area (Å²) in [5.41, 5.74) is 7.22. The van der Waals surface area contributed by atoms with Crippen LogP contribution in [0.1, 0.15) is 19.4 Å². The van der Waals surface area contributed by atoms with Gasteiger partial charge in [-0.05, 0) is 33.5 Å². The molecule has 2 heteroatoms. The first-order chi connectivity index (χ1) is 6.46. The Labute approximate surface area is 86.7 Å². The summed E-state index contributed by atoms with van der Waals surface area (Å²) in [6, 6.07) is 10.6. The van der Waals surface area contributed by atoms with Crippen LogP contribution in [0.4, 0.5) is 0 Å². The Morgan fingerprint density at radius 2 is 1.71 bits per heavy atom.